The zero-order valence-electron chi connectivity index (χ0n) is 8.35. The molecule has 88 valence electrons. The molecule has 1 aromatic heterocycles. The summed E-state index contributed by atoms with van der Waals surface area (Å²) in [7, 11) is 0. The molecule has 0 amide bonds. The van der Waals surface area contributed by atoms with Gasteiger partial charge in [0.25, 0.3) is 0 Å². The molecule has 0 unspecified atom stereocenters. The van der Waals surface area contributed by atoms with Crippen LogP contribution in [0.25, 0.3) is 0 Å². The van der Waals surface area contributed by atoms with Crippen LogP contribution < -0.4 is 5.32 Å². The Balaban J connectivity index is 2.34. The first-order valence-corrected chi connectivity index (χ1v) is 5.39. The lowest BCUT2D eigenvalue weighted by Crippen LogP contribution is -1.98. The number of benzene rings is 1. The second-order valence-electron chi connectivity index (χ2n) is 3.21. The van der Waals surface area contributed by atoms with E-state index < -0.39 is 17.5 Å². The average molecular weight is 303 g/mol. The van der Waals surface area contributed by atoms with Crippen molar-refractivity contribution in [2.24, 2.45) is 0 Å². The lowest BCUT2D eigenvalue weighted by molar-refractivity contribution is 0.448. The van der Waals surface area contributed by atoms with Gasteiger partial charge in [0.1, 0.15) is 5.82 Å². The number of pyridine rings is 1. The zero-order chi connectivity index (χ0) is 12.4. The van der Waals surface area contributed by atoms with Gasteiger partial charge in [-0.2, -0.15) is 0 Å². The number of nitrogens with one attached hydrogen (secondary N) is 1. The molecule has 0 bridgehead atoms. The predicted molar refractivity (Wildman–Crippen MR) is 61.5 cm³/mol. The van der Waals surface area contributed by atoms with E-state index in [4.69, 9.17) is 0 Å². The third kappa shape index (κ3) is 2.58. The molecule has 0 fully saturated rings. The minimum atomic E-state index is -1.49. The normalized spacial score (nSPS) is 10.4. The number of nitrogens with zero attached hydrogens (tertiary/aromatic N) is 1. The van der Waals surface area contributed by atoms with Crippen molar-refractivity contribution in [2.45, 2.75) is 0 Å². The quantitative estimate of drug-likeness (QED) is 0.848. The first kappa shape index (κ1) is 11.9. The number of aromatic nitrogens is 1. The van der Waals surface area contributed by atoms with E-state index in [9.17, 15) is 13.2 Å². The van der Waals surface area contributed by atoms with Gasteiger partial charge in [-0.1, -0.05) is 0 Å². The van der Waals surface area contributed by atoms with Crippen LogP contribution in [0.3, 0.4) is 0 Å². The lowest BCUT2D eigenvalue weighted by Gasteiger charge is -2.07. The van der Waals surface area contributed by atoms with Crippen molar-refractivity contribution in [1.82, 2.24) is 4.98 Å². The van der Waals surface area contributed by atoms with E-state index in [1.54, 1.807) is 12.1 Å². The van der Waals surface area contributed by atoms with E-state index in [0.717, 1.165) is 12.1 Å². The fraction of sp³-hybridized carbons (Fsp3) is 0. The lowest BCUT2D eigenvalue weighted by atomic mass is 10.3. The molecule has 0 spiro atoms. The zero-order valence-corrected chi connectivity index (χ0v) is 9.93. The second kappa shape index (κ2) is 4.75. The Kier molecular flexibility index (Phi) is 3.33. The number of anilines is 2. The van der Waals surface area contributed by atoms with Crippen LogP contribution in [-0.2, 0) is 0 Å². The van der Waals surface area contributed by atoms with E-state index in [0.29, 0.717) is 10.3 Å². The highest BCUT2D eigenvalue weighted by Crippen LogP contribution is 2.25. The van der Waals surface area contributed by atoms with Gasteiger partial charge < -0.3 is 5.32 Å². The van der Waals surface area contributed by atoms with Gasteiger partial charge in [0.2, 0.25) is 0 Å². The van der Waals surface area contributed by atoms with Crippen LogP contribution in [0.4, 0.5) is 24.7 Å². The number of rotatable bonds is 2. The Morgan fingerprint density at radius 3 is 2.35 bits per heavy atom. The van der Waals surface area contributed by atoms with Crippen molar-refractivity contribution in [3.63, 3.8) is 0 Å². The van der Waals surface area contributed by atoms with Gasteiger partial charge in [-0.05, 0) is 28.1 Å². The van der Waals surface area contributed by atoms with Crippen molar-refractivity contribution in [3.8, 4) is 0 Å². The van der Waals surface area contributed by atoms with E-state index in [1.807, 2.05) is 0 Å². The molecule has 0 aliphatic heterocycles. The summed E-state index contributed by atoms with van der Waals surface area (Å²) in [5.74, 6) is -3.60. The van der Waals surface area contributed by atoms with Gasteiger partial charge in [0.05, 0.1) is 4.47 Å². The highest BCUT2D eigenvalue weighted by Gasteiger charge is 2.11. The number of hydrogen-bond donors (Lipinski definition) is 1. The van der Waals surface area contributed by atoms with Crippen LogP contribution in [0.5, 0.6) is 0 Å². The molecule has 2 aromatic rings. The molecule has 1 N–H and O–H groups in total. The molecule has 0 saturated heterocycles. The maximum Gasteiger partial charge on any atom is 0.194 e. The fourth-order valence-electron chi connectivity index (χ4n) is 1.24. The summed E-state index contributed by atoms with van der Waals surface area (Å²) in [6, 6.07) is 5.13. The summed E-state index contributed by atoms with van der Waals surface area (Å²) in [6.45, 7) is 0. The monoisotopic (exact) mass is 302 g/mol. The summed E-state index contributed by atoms with van der Waals surface area (Å²) in [5.41, 5.74) is 0.0841. The van der Waals surface area contributed by atoms with Gasteiger partial charge >= 0.3 is 0 Å². The molecule has 1 aromatic carbocycles. The minimum absolute atomic E-state index is 0.0841. The molecule has 2 rings (SSSR count). The standard InChI is InChI=1S/C11H6BrF3N2/c12-7-2-1-3-16-11(7)17-6-4-8(13)10(15)9(14)5-6/h1-5H,(H,16,17). The summed E-state index contributed by atoms with van der Waals surface area (Å²) < 4.78 is 39.3. The summed E-state index contributed by atoms with van der Waals surface area (Å²) in [6.07, 6.45) is 1.52. The number of hydrogen-bond acceptors (Lipinski definition) is 2. The predicted octanol–water partition coefficient (Wildman–Crippen LogP) is 4.01. The van der Waals surface area contributed by atoms with E-state index in [-0.39, 0.29) is 5.69 Å². The summed E-state index contributed by atoms with van der Waals surface area (Å²) in [5, 5.41) is 2.68. The Bertz CT molecular complexity index is 537. The van der Waals surface area contributed by atoms with E-state index >= 15 is 0 Å². The molecule has 6 heteroatoms. The van der Waals surface area contributed by atoms with Crippen LogP contribution in [0.2, 0.25) is 0 Å². The first-order chi connectivity index (χ1) is 8.08. The van der Waals surface area contributed by atoms with Crippen LogP contribution in [0.1, 0.15) is 0 Å². The molecule has 0 aliphatic rings. The summed E-state index contributed by atoms with van der Waals surface area (Å²) >= 11 is 3.22. The Morgan fingerprint density at radius 2 is 1.76 bits per heavy atom. The van der Waals surface area contributed by atoms with Crippen LogP contribution >= 0.6 is 15.9 Å². The molecule has 0 saturated carbocycles. The summed E-state index contributed by atoms with van der Waals surface area (Å²) in [4.78, 5) is 3.96. The van der Waals surface area contributed by atoms with E-state index in [1.165, 1.54) is 6.20 Å². The van der Waals surface area contributed by atoms with Crippen LogP contribution in [0.15, 0.2) is 34.9 Å². The smallest absolute Gasteiger partial charge is 0.194 e. The third-order valence-corrected chi connectivity index (χ3v) is 2.64. The maximum atomic E-state index is 13.0. The molecular formula is C11H6BrF3N2. The second-order valence-corrected chi connectivity index (χ2v) is 4.07. The SMILES string of the molecule is Fc1cc(Nc2ncccc2Br)cc(F)c1F. The minimum Gasteiger partial charge on any atom is -0.339 e. The van der Waals surface area contributed by atoms with Crippen LogP contribution in [-0.4, -0.2) is 4.98 Å². The molecule has 0 radical (unpaired) electrons. The fourth-order valence-corrected chi connectivity index (χ4v) is 1.60. The van der Waals surface area contributed by atoms with Crippen molar-refractivity contribution in [2.75, 3.05) is 5.32 Å². The molecule has 17 heavy (non-hydrogen) atoms. The molecular weight excluding hydrogens is 297 g/mol. The largest absolute Gasteiger partial charge is 0.339 e. The highest BCUT2D eigenvalue weighted by molar-refractivity contribution is 9.10. The van der Waals surface area contributed by atoms with Crippen molar-refractivity contribution >= 4 is 27.4 Å². The Hall–Kier alpha value is -1.56. The van der Waals surface area contributed by atoms with E-state index in [2.05, 4.69) is 26.2 Å². The highest BCUT2D eigenvalue weighted by atomic mass is 79.9. The molecule has 1 heterocycles. The Labute approximate surface area is 104 Å². The topological polar surface area (TPSA) is 24.9 Å². The maximum absolute atomic E-state index is 13.0. The van der Waals surface area contributed by atoms with Gasteiger partial charge in [0.15, 0.2) is 17.5 Å². The van der Waals surface area contributed by atoms with Crippen LogP contribution in [0, 0.1) is 17.5 Å². The molecule has 2 nitrogen and oxygen atoms in total. The van der Waals surface area contributed by atoms with Crippen molar-refractivity contribution in [3.05, 3.63) is 52.4 Å². The first-order valence-electron chi connectivity index (χ1n) is 4.60. The van der Waals surface area contributed by atoms with Crippen molar-refractivity contribution in [1.29, 1.82) is 0 Å². The third-order valence-electron chi connectivity index (χ3n) is 2.01. The average Bonchev–Trinajstić information content (AvgIpc) is 2.29. The Morgan fingerprint density at radius 1 is 1.12 bits per heavy atom. The van der Waals surface area contributed by atoms with Gasteiger partial charge in [-0.15, -0.1) is 0 Å². The number of halogens is 4. The van der Waals surface area contributed by atoms with Crippen molar-refractivity contribution < 1.29 is 13.2 Å². The van der Waals surface area contributed by atoms with Gasteiger partial charge in [0, 0.05) is 24.0 Å². The van der Waals surface area contributed by atoms with Gasteiger partial charge in [-0.3, -0.25) is 0 Å². The van der Waals surface area contributed by atoms with Gasteiger partial charge in [-0.25, -0.2) is 18.2 Å². The molecule has 0 aliphatic carbocycles. The molecule has 0 atom stereocenters.